The minimum absolute atomic E-state index is 0.433. The average Bonchev–Trinajstić information content (AvgIpc) is 2.50. The van der Waals surface area contributed by atoms with Gasteiger partial charge < -0.3 is 9.67 Å². The summed E-state index contributed by atoms with van der Waals surface area (Å²) in [6, 6.07) is 5.47. The third kappa shape index (κ3) is 2.49. The highest BCUT2D eigenvalue weighted by atomic mass is 16.4. The van der Waals surface area contributed by atoms with Gasteiger partial charge in [-0.3, -0.25) is 0 Å². The van der Waals surface area contributed by atoms with Crippen LogP contribution in [0.3, 0.4) is 0 Å². The van der Waals surface area contributed by atoms with E-state index in [1.54, 1.807) is 29.8 Å². The third-order valence-corrected chi connectivity index (χ3v) is 1.73. The van der Waals surface area contributed by atoms with E-state index in [9.17, 15) is 4.79 Å². The van der Waals surface area contributed by atoms with Crippen LogP contribution in [-0.4, -0.2) is 15.6 Å². The van der Waals surface area contributed by atoms with Crippen molar-refractivity contribution in [2.24, 2.45) is 0 Å². The fourth-order valence-electron chi connectivity index (χ4n) is 1.18. The molecule has 0 unspecified atom stereocenters. The molecule has 0 atom stereocenters. The zero-order valence-electron chi connectivity index (χ0n) is 7.77. The van der Waals surface area contributed by atoms with Gasteiger partial charge in [0.15, 0.2) is 0 Å². The van der Waals surface area contributed by atoms with Crippen LogP contribution in [0, 0.1) is 11.3 Å². The standard InChI is InChI=1S/C10H10N2O2/c1-8(5-10(13)14)7-12-4-2-3-9(12)6-11/h2-5H,7H2,1H3,(H,13,14)/b8-5-. The number of aromatic nitrogens is 1. The Balaban J connectivity index is 2.80. The van der Waals surface area contributed by atoms with Gasteiger partial charge in [-0.15, -0.1) is 0 Å². The summed E-state index contributed by atoms with van der Waals surface area (Å²) in [5.41, 5.74) is 1.23. The maximum Gasteiger partial charge on any atom is 0.328 e. The molecule has 1 rings (SSSR count). The number of carbonyl (C=O) groups is 1. The Bertz CT molecular complexity index is 410. The molecule has 4 nitrogen and oxygen atoms in total. The Labute approximate surface area is 81.7 Å². The Hall–Kier alpha value is -2.02. The minimum atomic E-state index is -0.965. The largest absolute Gasteiger partial charge is 0.478 e. The average molecular weight is 190 g/mol. The van der Waals surface area contributed by atoms with Crippen LogP contribution in [0.1, 0.15) is 12.6 Å². The zero-order valence-corrected chi connectivity index (χ0v) is 7.77. The Morgan fingerprint density at radius 2 is 2.50 bits per heavy atom. The van der Waals surface area contributed by atoms with Crippen LogP contribution in [0.4, 0.5) is 0 Å². The molecule has 1 aromatic heterocycles. The van der Waals surface area contributed by atoms with E-state index in [-0.39, 0.29) is 0 Å². The van der Waals surface area contributed by atoms with E-state index in [0.29, 0.717) is 17.8 Å². The first-order chi connectivity index (χ1) is 6.63. The lowest BCUT2D eigenvalue weighted by Crippen LogP contribution is -2.02. The minimum Gasteiger partial charge on any atom is -0.478 e. The first-order valence-electron chi connectivity index (χ1n) is 4.09. The van der Waals surface area contributed by atoms with Gasteiger partial charge in [-0.05, 0) is 24.6 Å². The van der Waals surface area contributed by atoms with Gasteiger partial charge in [0.1, 0.15) is 11.8 Å². The summed E-state index contributed by atoms with van der Waals surface area (Å²) in [5.74, 6) is -0.965. The van der Waals surface area contributed by atoms with E-state index >= 15 is 0 Å². The predicted octanol–water partition coefficient (Wildman–Crippen LogP) is 1.39. The maximum atomic E-state index is 10.3. The molecule has 14 heavy (non-hydrogen) atoms. The molecule has 1 N–H and O–H groups in total. The van der Waals surface area contributed by atoms with Crippen LogP contribution < -0.4 is 0 Å². The van der Waals surface area contributed by atoms with Crippen molar-refractivity contribution in [3.8, 4) is 6.07 Å². The zero-order chi connectivity index (χ0) is 10.6. The molecule has 0 fully saturated rings. The number of hydrogen-bond acceptors (Lipinski definition) is 2. The molecule has 0 aliphatic carbocycles. The van der Waals surface area contributed by atoms with Crippen LogP contribution in [0.5, 0.6) is 0 Å². The highest BCUT2D eigenvalue weighted by molar-refractivity contribution is 5.80. The van der Waals surface area contributed by atoms with Crippen LogP contribution in [0.2, 0.25) is 0 Å². The Kier molecular flexibility index (Phi) is 3.08. The number of nitrogens with zero attached hydrogens (tertiary/aromatic N) is 2. The number of carboxylic acid groups (broad SMARTS) is 1. The van der Waals surface area contributed by atoms with Crippen molar-refractivity contribution in [2.75, 3.05) is 0 Å². The van der Waals surface area contributed by atoms with Gasteiger partial charge in [-0.1, -0.05) is 0 Å². The van der Waals surface area contributed by atoms with E-state index in [0.717, 1.165) is 6.08 Å². The molecular formula is C10H10N2O2. The monoisotopic (exact) mass is 190 g/mol. The fraction of sp³-hybridized carbons (Fsp3) is 0.200. The van der Waals surface area contributed by atoms with Gasteiger partial charge in [0.2, 0.25) is 0 Å². The molecule has 0 aliphatic rings. The van der Waals surface area contributed by atoms with Gasteiger partial charge in [-0.25, -0.2) is 4.79 Å². The normalized spacial score (nSPS) is 11.0. The van der Waals surface area contributed by atoms with Crippen LogP contribution in [0.15, 0.2) is 30.0 Å². The lowest BCUT2D eigenvalue weighted by molar-refractivity contribution is -0.131. The predicted molar refractivity (Wildman–Crippen MR) is 50.5 cm³/mol. The first-order valence-corrected chi connectivity index (χ1v) is 4.09. The molecule has 0 radical (unpaired) electrons. The molecule has 0 bridgehead atoms. The van der Waals surface area contributed by atoms with Gasteiger partial charge in [-0.2, -0.15) is 5.26 Å². The van der Waals surface area contributed by atoms with Gasteiger partial charge in [0.05, 0.1) is 0 Å². The van der Waals surface area contributed by atoms with Gasteiger partial charge >= 0.3 is 5.97 Å². The smallest absolute Gasteiger partial charge is 0.328 e. The summed E-state index contributed by atoms with van der Waals surface area (Å²) < 4.78 is 1.70. The SMILES string of the molecule is C/C(=C/C(=O)O)Cn1cccc1C#N. The van der Waals surface area contributed by atoms with Gasteiger partial charge in [0, 0.05) is 18.8 Å². The Morgan fingerprint density at radius 1 is 1.79 bits per heavy atom. The molecule has 0 spiro atoms. The highest BCUT2D eigenvalue weighted by Crippen LogP contribution is 2.04. The van der Waals surface area contributed by atoms with Crippen LogP contribution in [0.25, 0.3) is 0 Å². The quantitative estimate of drug-likeness (QED) is 0.732. The van der Waals surface area contributed by atoms with Crippen molar-refractivity contribution in [1.82, 2.24) is 4.57 Å². The molecule has 4 heteroatoms. The lowest BCUT2D eigenvalue weighted by Gasteiger charge is -2.03. The van der Waals surface area contributed by atoms with Crippen molar-refractivity contribution in [1.29, 1.82) is 5.26 Å². The summed E-state index contributed by atoms with van der Waals surface area (Å²) in [4.78, 5) is 10.3. The van der Waals surface area contributed by atoms with E-state index in [1.165, 1.54) is 0 Å². The molecule has 0 amide bonds. The Morgan fingerprint density at radius 3 is 3.07 bits per heavy atom. The number of rotatable bonds is 3. The number of allylic oxidation sites excluding steroid dienone is 1. The molecule has 0 aliphatic heterocycles. The van der Waals surface area contributed by atoms with E-state index in [2.05, 4.69) is 0 Å². The number of carboxylic acids is 1. The summed E-state index contributed by atoms with van der Waals surface area (Å²) in [6.45, 7) is 2.15. The lowest BCUT2D eigenvalue weighted by atomic mass is 10.3. The van der Waals surface area contributed by atoms with Gasteiger partial charge in [0.25, 0.3) is 0 Å². The molecule has 1 aromatic rings. The van der Waals surface area contributed by atoms with Crippen LogP contribution in [-0.2, 0) is 11.3 Å². The second-order valence-corrected chi connectivity index (χ2v) is 2.96. The molecular weight excluding hydrogens is 180 g/mol. The van der Waals surface area contributed by atoms with Crippen molar-refractivity contribution >= 4 is 5.97 Å². The molecule has 1 heterocycles. The summed E-state index contributed by atoms with van der Waals surface area (Å²) in [7, 11) is 0. The van der Waals surface area contributed by atoms with Crippen molar-refractivity contribution in [2.45, 2.75) is 13.5 Å². The first kappa shape index (κ1) is 10.1. The van der Waals surface area contributed by atoms with E-state index in [1.807, 2.05) is 6.07 Å². The highest BCUT2D eigenvalue weighted by Gasteiger charge is 2.00. The van der Waals surface area contributed by atoms with E-state index in [4.69, 9.17) is 10.4 Å². The molecule has 0 saturated carbocycles. The second-order valence-electron chi connectivity index (χ2n) is 2.96. The van der Waals surface area contributed by atoms with E-state index < -0.39 is 5.97 Å². The van der Waals surface area contributed by atoms with Crippen LogP contribution >= 0.6 is 0 Å². The number of nitriles is 1. The number of hydrogen-bond donors (Lipinski definition) is 1. The fourth-order valence-corrected chi connectivity index (χ4v) is 1.18. The number of aliphatic carboxylic acids is 1. The maximum absolute atomic E-state index is 10.3. The second kappa shape index (κ2) is 4.28. The summed E-state index contributed by atoms with van der Waals surface area (Å²) in [6.07, 6.45) is 2.89. The molecule has 0 saturated heterocycles. The van der Waals surface area contributed by atoms with Crippen molar-refractivity contribution in [3.05, 3.63) is 35.7 Å². The summed E-state index contributed by atoms with van der Waals surface area (Å²) in [5, 5.41) is 17.2. The van der Waals surface area contributed by atoms with Crippen molar-refractivity contribution in [3.63, 3.8) is 0 Å². The molecule has 0 aromatic carbocycles. The third-order valence-electron chi connectivity index (χ3n) is 1.73. The summed E-state index contributed by atoms with van der Waals surface area (Å²) >= 11 is 0. The molecule has 72 valence electrons. The van der Waals surface area contributed by atoms with Crippen molar-refractivity contribution < 1.29 is 9.90 Å². The topological polar surface area (TPSA) is 66.0 Å².